The summed E-state index contributed by atoms with van der Waals surface area (Å²) in [5, 5.41) is 0. The molecule has 0 aliphatic heterocycles. The van der Waals surface area contributed by atoms with Crippen LogP contribution in [-0.2, 0) is 0 Å². The second-order valence-electron chi connectivity index (χ2n) is 9.14. The fraction of sp³-hybridized carbons (Fsp3) is 0. The van der Waals surface area contributed by atoms with E-state index in [9.17, 15) is 0 Å². The quantitative estimate of drug-likeness (QED) is 0.173. The van der Waals surface area contributed by atoms with Gasteiger partial charge in [0.15, 0.2) is 0 Å². The van der Waals surface area contributed by atoms with E-state index in [0.29, 0.717) is 17.2 Å². The predicted octanol–water partition coefficient (Wildman–Crippen LogP) is 9.21. The van der Waals surface area contributed by atoms with Crippen LogP contribution in [0, 0.1) is 0 Å². The summed E-state index contributed by atoms with van der Waals surface area (Å²) in [5.74, 6) is 2.12. The molecule has 6 rings (SSSR count). The molecule has 4 heteroatoms. The number of benzene rings is 6. The van der Waals surface area contributed by atoms with Crippen molar-refractivity contribution in [2.24, 2.45) is 0 Å². The third-order valence-corrected chi connectivity index (χ3v) is 7.66. The summed E-state index contributed by atoms with van der Waals surface area (Å²) in [6, 6.07) is 54.6. The first-order valence-electron chi connectivity index (χ1n) is 13.2. The molecular weight excluding hydrogens is 508 g/mol. The first kappa shape index (κ1) is 25.2. The van der Waals surface area contributed by atoms with Crippen LogP contribution in [0.3, 0.4) is 0 Å². The van der Waals surface area contributed by atoms with Gasteiger partial charge in [-0.15, -0.1) is 0 Å². The number of para-hydroxylation sites is 3. The van der Waals surface area contributed by atoms with Crippen LogP contribution >= 0.6 is 0 Å². The van der Waals surface area contributed by atoms with Crippen LogP contribution in [-0.4, -0.2) is 9.53 Å². The molecule has 0 bridgehead atoms. The standard InChI is InChI=1S/C36H27O3Si/c1-4-16-28(17-5-1)31-22-10-13-25-34(31)37-40(38-35-26-14-11-23-32(35)29-18-6-2-7-19-29)39-36-27-15-12-24-33(36)30-20-8-3-9-21-30/h1-27H. The van der Waals surface area contributed by atoms with E-state index in [1.165, 1.54) is 0 Å². The van der Waals surface area contributed by atoms with Crippen molar-refractivity contribution in [1.82, 2.24) is 0 Å². The van der Waals surface area contributed by atoms with E-state index in [4.69, 9.17) is 13.3 Å². The van der Waals surface area contributed by atoms with Crippen LogP contribution in [0.2, 0.25) is 0 Å². The van der Waals surface area contributed by atoms with Gasteiger partial charge in [-0.1, -0.05) is 146 Å². The molecule has 0 saturated carbocycles. The molecule has 6 aromatic rings. The Balaban J connectivity index is 1.40. The molecule has 0 aliphatic carbocycles. The minimum atomic E-state index is -2.39. The minimum absolute atomic E-state index is 0.706. The maximum atomic E-state index is 6.65. The van der Waals surface area contributed by atoms with E-state index < -0.39 is 9.53 Å². The number of rotatable bonds is 9. The Morgan fingerprint density at radius 1 is 0.275 bits per heavy atom. The summed E-state index contributed by atoms with van der Waals surface area (Å²) in [7, 11) is -2.39. The van der Waals surface area contributed by atoms with E-state index >= 15 is 0 Å². The van der Waals surface area contributed by atoms with Crippen molar-refractivity contribution in [3.05, 3.63) is 164 Å². The normalized spacial score (nSPS) is 10.7. The highest BCUT2D eigenvalue weighted by atomic mass is 28.3. The fourth-order valence-electron chi connectivity index (χ4n) is 4.57. The van der Waals surface area contributed by atoms with Gasteiger partial charge in [0.25, 0.3) is 0 Å². The third kappa shape index (κ3) is 5.83. The van der Waals surface area contributed by atoms with Gasteiger partial charge in [-0.3, -0.25) is 0 Å². The van der Waals surface area contributed by atoms with Gasteiger partial charge in [0.1, 0.15) is 17.2 Å². The van der Waals surface area contributed by atoms with Crippen molar-refractivity contribution in [2.45, 2.75) is 0 Å². The van der Waals surface area contributed by atoms with Crippen molar-refractivity contribution in [3.8, 4) is 50.6 Å². The Morgan fingerprint density at radius 2 is 0.525 bits per heavy atom. The maximum Gasteiger partial charge on any atom is 0.818 e. The molecule has 0 amide bonds. The molecule has 6 aromatic carbocycles. The molecule has 3 nitrogen and oxygen atoms in total. The van der Waals surface area contributed by atoms with E-state index in [1.807, 2.05) is 109 Å². The molecule has 40 heavy (non-hydrogen) atoms. The third-order valence-electron chi connectivity index (χ3n) is 6.50. The van der Waals surface area contributed by atoms with Gasteiger partial charge in [0, 0.05) is 16.7 Å². The van der Waals surface area contributed by atoms with Gasteiger partial charge < -0.3 is 13.3 Å². The molecule has 0 atom stereocenters. The van der Waals surface area contributed by atoms with Crippen LogP contribution in [0.25, 0.3) is 33.4 Å². The van der Waals surface area contributed by atoms with Crippen LogP contribution in [0.15, 0.2) is 164 Å². The van der Waals surface area contributed by atoms with E-state index in [1.54, 1.807) is 0 Å². The van der Waals surface area contributed by atoms with Gasteiger partial charge >= 0.3 is 9.53 Å². The fourth-order valence-corrected chi connectivity index (χ4v) is 5.77. The second-order valence-corrected chi connectivity index (χ2v) is 10.3. The minimum Gasteiger partial charge on any atom is -0.479 e. The summed E-state index contributed by atoms with van der Waals surface area (Å²) in [6.45, 7) is 0. The highest BCUT2D eigenvalue weighted by Crippen LogP contribution is 2.35. The van der Waals surface area contributed by atoms with Crippen LogP contribution in [0.4, 0.5) is 0 Å². The number of hydrogen-bond donors (Lipinski definition) is 0. The van der Waals surface area contributed by atoms with Crippen LogP contribution < -0.4 is 13.3 Å². The predicted molar refractivity (Wildman–Crippen MR) is 163 cm³/mol. The largest absolute Gasteiger partial charge is 0.818 e. The SMILES string of the molecule is c1ccc(-c2ccccc2O[Si](Oc2ccccc2-c2ccccc2)Oc2ccccc2-c2ccccc2)cc1. The highest BCUT2D eigenvalue weighted by molar-refractivity contribution is 6.40. The van der Waals surface area contributed by atoms with Crippen molar-refractivity contribution >= 4 is 9.53 Å². The van der Waals surface area contributed by atoms with Crippen molar-refractivity contribution < 1.29 is 13.3 Å². The van der Waals surface area contributed by atoms with Gasteiger partial charge in [0.05, 0.1) is 0 Å². The van der Waals surface area contributed by atoms with E-state index in [-0.39, 0.29) is 0 Å². The molecule has 193 valence electrons. The molecule has 0 aromatic heterocycles. The lowest BCUT2D eigenvalue weighted by atomic mass is 10.1. The summed E-state index contributed by atoms with van der Waals surface area (Å²) in [4.78, 5) is 0. The van der Waals surface area contributed by atoms with Crippen molar-refractivity contribution in [1.29, 1.82) is 0 Å². The zero-order valence-electron chi connectivity index (χ0n) is 21.8. The Bertz CT molecular complexity index is 1470. The monoisotopic (exact) mass is 535 g/mol. The second kappa shape index (κ2) is 12.2. The first-order chi connectivity index (χ1) is 19.8. The van der Waals surface area contributed by atoms with Crippen LogP contribution in [0.5, 0.6) is 17.2 Å². The van der Waals surface area contributed by atoms with Gasteiger partial charge in [-0.05, 0) is 34.9 Å². The maximum absolute atomic E-state index is 6.65. The molecule has 0 unspecified atom stereocenters. The molecule has 0 aliphatic rings. The summed E-state index contributed by atoms with van der Waals surface area (Å²) in [5.41, 5.74) is 6.12. The lowest BCUT2D eigenvalue weighted by molar-refractivity contribution is 0.309. The molecule has 0 N–H and O–H groups in total. The lowest BCUT2D eigenvalue weighted by Gasteiger charge is -2.21. The lowest BCUT2D eigenvalue weighted by Crippen LogP contribution is -2.37. The molecule has 1 radical (unpaired) electrons. The molecule has 0 fully saturated rings. The number of hydrogen-bond acceptors (Lipinski definition) is 3. The summed E-state index contributed by atoms with van der Waals surface area (Å²) < 4.78 is 19.9. The highest BCUT2D eigenvalue weighted by Gasteiger charge is 2.31. The Morgan fingerprint density at radius 3 is 0.825 bits per heavy atom. The van der Waals surface area contributed by atoms with E-state index in [2.05, 4.69) is 54.6 Å². The molecule has 0 spiro atoms. The van der Waals surface area contributed by atoms with Crippen molar-refractivity contribution in [3.63, 3.8) is 0 Å². The average molecular weight is 536 g/mol. The van der Waals surface area contributed by atoms with E-state index in [0.717, 1.165) is 33.4 Å². The molecule has 0 saturated heterocycles. The average Bonchev–Trinajstić information content (AvgIpc) is 3.03. The van der Waals surface area contributed by atoms with Gasteiger partial charge in [-0.2, -0.15) is 0 Å². The zero-order chi connectivity index (χ0) is 27.0. The molecular formula is C36H27O3Si. The Kier molecular flexibility index (Phi) is 7.69. The smallest absolute Gasteiger partial charge is 0.479 e. The molecule has 0 heterocycles. The van der Waals surface area contributed by atoms with Gasteiger partial charge in [0.2, 0.25) is 0 Å². The van der Waals surface area contributed by atoms with Crippen molar-refractivity contribution in [2.75, 3.05) is 0 Å². The first-order valence-corrected chi connectivity index (χ1v) is 14.4. The summed E-state index contributed by atoms with van der Waals surface area (Å²) in [6.07, 6.45) is 0. The van der Waals surface area contributed by atoms with Crippen LogP contribution in [0.1, 0.15) is 0 Å². The van der Waals surface area contributed by atoms with Gasteiger partial charge in [-0.25, -0.2) is 0 Å². The Labute approximate surface area is 236 Å². The zero-order valence-corrected chi connectivity index (χ0v) is 22.8. The Hall–Kier alpha value is -5.06. The summed E-state index contributed by atoms with van der Waals surface area (Å²) >= 11 is 0. The topological polar surface area (TPSA) is 27.7 Å².